The van der Waals surface area contributed by atoms with Gasteiger partial charge in [0.05, 0.1) is 27.2 Å². The molecule has 0 saturated carbocycles. The van der Waals surface area contributed by atoms with Gasteiger partial charge >= 0.3 is 5.97 Å². The van der Waals surface area contributed by atoms with Gasteiger partial charge in [-0.3, -0.25) is 4.79 Å². The number of esters is 1. The van der Waals surface area contributed by atoms with E-state index in [1.807, 2.05) is 24.3 Å². The fourth-order valence-corrected chi connectivity index (χ4v) is 2.83. The average molecular weight is 302 g/mol. The third kappa shape index (κ3) is 2.43. The Hall–Kier alpha value is -2.43. The van der Waals surface area contributed by atoms with E-state index in [-0.39, 0.29) is 11.9 Å². The zero-order valence-electron chi connectivity index (χ0n) is 12.8. The van der Waals surface area contributed by atoms with Crippen LogP contribution in [0.25, 0.3) is 0 Å². The van der Waals surface area contributed by atoms with Crippen LogP contribution < -0.4 is 14.2 Å². The van der Waals surface area contributed by atoms with Crippen LogP contribution in [0.1, 0.15) is 12.0 Å². The molecule has 22 heavy (non-hydrogen) atoms. The minimum absolute atomic E-state index is 0.227. The Labute approximate surface area is 129 Å². The minimum Gasteiger partial charge on any atom is -0.496 e. The van der Waals surface area contributed by atoms with Gasteiger partial charge in [-0.15, -0.1) is 0 Å². The summed E-state index contributed by atoms with van der Waals surface area (Å²) in [5.74, 6) is 2.46. The first kappa shape index (κ1) is 14.5. The number of carbonyl (C=O) groups excluding carboxylic acids is 1. The molecule has 116 valence electrons. The van der Waals surface area contributed by atoms with Crippen LogP contribution in [0.3, 0.4) is 0 Å². The van der Waals surface area contributed by atoms with E-state index in [1.54, 1.807) is 14.2 Å². The maximum atomic E-state index is 11.7. The van der Waals surface area contributed by atoms with Crippen molar-refractivity contribution in [3.05, 3.63) is 41.2 Å². The Morgan fingerprint density at radius 2 is 2.05 bits per heavy atom. The number of hydrogen-bond acceptors (Lipinski definition) is 5. The predicted octanol–water partition coefficient (Wildman–Crippen LogP) is 2.64. The molecule has 0 spiro atoms. The normalized spacial score (nSPS) is 19.0. The topological polar surface area (TPSA) is 54.0 Å². The summed E-state index contributed by atoms with van der Waals surface area (Å²) >= 11 is 0. The lowest BCUT2D eigenvalue weighted by atomic mass is 9.87. The Morgan fingerprint density at radius 3 is 2.73 bits per heavy atom. The van der Waals surface area contributed by atoms with Gasteiger partial charge in [0.2, 0.25) is 0 Å². The van der Waals surface area contributed by atoms with E-state index >= 15 is 0 Å². The molecule has 0 radical (unpaired) electrons. The van der Waals surface area contributed by atoms with E-state index in [1.165, 1.54) is 7.11 Å². The summed E-state index contributed by atoms with van der Waals surface area (Å²) in [4.78, 5) is 11.7. The lowest BCUT2D eigenvalue weighted by Gasteiger charge is -2.27. The highest BCUT2D eigenvalue weighted by Crippen LogP contribution is 2.42. The van der Waals surface area contributed by atoms with Crippen molar-refractivity contribution >= 4 is 5.97 Å². The molecule has 1 aliphatic heterocycles. The van der Waals surface area contributed by atoms with Crippen LogP contribution in [-0.2, 0) is 16.0 Å². The Bertz CT molecular complexity index is 672. The predicted molar refractivity (Wildman–Crippen MR) is 80.2 cm³/mol. The van der Waals surface area contributed by atoms with Gasteiger partial charge in [0.15, 0.2) is 0 Å². The summed E-state index contributed by atoms with van der Waals surface area (Å²) in [6, 6.07) is 3.69. The SMILES string of the molecule is COC(=O)[C@H]1C=CC2=C(Cc3c(OC)cc(OC)cc3O2)C1. The second-order valence-corrected chi connectivity index (χ2v) is 5.25. The minimum atomic E-state index is -0.252. The highest BCUT2D eigenvalue weighted by molar-refractivity contribution is 5.75. The van der Waals surface area contributed by atoms with Gasteiger partial charge in [-0.1, -0.05) is 6.08 Å². The lowest BCUT2D eigenvalue weighted by molar-refractivity contribution is -0.143. The van der Waals surface area contributed by atoms with Gasteiger partial charge in [-0.2, -0.15) is 0 Å². The van der Waals surface area contributed by atoms with Crippen molar-refractivity contribution in [2.45, 2.75) is 12.8 Å². The first-order chi connectivity index (χ1) is 10.7. The number of benzene rings is 1. The van der Waals surface area contributed by atoms with Crippen LogP contribution in [-0.4, -0.2) is 27.3 Å². The van der Waals surface area contributed by atoms with Gasteiger partial charge in [0.25, 0.3) is 0 Å². The molecule has 0 unspecified atom stereocenters. The third-order valence-corrected chi connectivity index (χ3v) is 4.01. The van der Waals surface area contributed by atoms with E-state index in [9.17, 15) is 4.79 Å². The monoisotopic (exact) mass is 302 g/mol. The highest BCUT2D eigenvalue weighted by Gasteiger charge is 2.29. The maximum absolute atomic E-state index is 11.7. The number of methoxy groups -OCH3 is 3. The highest BCUT2D eigenvalue weighted by atomic mass is 16.5. The van der Waals surface area contributed by atoms with E-state index in [0.29, 0.717) is 18.6 Å². The fourth-order valence-electron chi connectivity index (χ4n) is 2.83. The van der Waals surface area contributed by atoms with Gasteiger partial charge < -0.3 is 18.9 Å². The largest absolute Gasteiger partial charge is 0.496 e. The zero-order valence-corrected chi connectivity index (χ0v) is 12.8. The second-order valence-electron chi connectivity index (χ2n) is 5.25. The van der Waals surface area contributed by atoms with Crippen molar-refractivity contribution in [2.75, 3.05) is 21.3 Å². The van der Waals surface area contributed by atoms with E-state index in [4.69, 9.17) is 18.9 Å². The average Bonchev–Trinajstić information content (AvgIpc) is 2.57. The van der Waals surface area contributed by atoms with Crippen molar-refractivity contribution in [3.63, 3.8) is 0 Å². The number of fused-ring (bicyclic) bond motifs is 1. The van der Waals surface area contributed by atoms with Crippen molar-refractivity contribution < 1.29 is 23.7 Å². The standard InChI is InChI=1S/C17H18O5/c1-19-12-8-15(20-2)13-7-11-6-10(17(18)21-3)4-5-14(11)22-16(13)9-12/h4-5,8-10H,6-7H2,1-3H3/t10-/m0/s1. The molecule has 0 bridgehead atoms. The van der Waals surface area contributed by atoms with Crippen molar-refractivity contribution in [2.24, 2.45) is 5.92 Å². The molecule has 2 aliphatic rings. The molecule has 0 saturated heterocycles. The summed E-state index contributed by atoms with van der Waals surface area (Å²) in [6.07, 6.45) is 4.96. The molecule has 1 atom stereocenters. The summed E-state index contributed by atoms with van der Waals surface area (Å²) in [6.45, 7) is 0. The van der Waals surface area contributed by atoms with Gasteiger partial charge in [-0.05, 0) is 18.1 Å². The molecular formula is C17H18O5. The third-order valence-electron chi connectivity index (χ3n) is 4.01. The number of rotatable bonds is 3. The van der Waals surface area contributed by atoms with E-state index in [0.717, 1.165) is 28.4 Å². The Morgan fingerprint density at radius 1 is 1.23 bits per heavy atom. The molecule has 1 heterocycles. The second kappa shape index (κ2) is 5.75. The lowest BCUT2D eigenvalue weighted by Crippen LogP contribution is -2.21. The van der Waals surface area contributed by atoms with Crippen LogP contribution >= 0.6 is 0 Å². The Balaban J connectivity index is 1.92. The van der Waals surface area contributed by atoms with E-state index in [2.05, 4.69) is 0 Å². The number of carbonyl (C=O) groups is 1. The van der Waals surface area contributed by atoms with Gasteiger partial charge in [-0.25, -0.2) is 0 Å². The van der Waals surface area contributed by atoms with Crippen molar-refractivity contribution in [1.29, 1.82) is 0 Å². The van der Waals surface area contributed by atoms with Gasteiger partial charge in [0, 0.05) is 24.1 Å². The smallest absolute Gasteiger partial charge is 0.312 e. The van der Waals surface area contributed by atoms with Crippen LogP contribution in [0, 0.1) is 5.92 Å². The fraction of sp³-hybridized carbons (Fsp3) is 0.353. The van der Waals surface area contributed by atoms with E-state index < -0.39 is 0 Å². The summed E-state index contributed by atoms with van der Waals surface area (Å²) < 4.78 is 21.5. The van der Waals surface area contributed by atoms with Crippen molar-refractivity contribution in [1.82, 2.24) is 0 Å². The number of allylic oxidation sites excluding steroid dienone is 2. The number of hydrogen-bond donors (Lipinski definition) is 0. The number of ether oxygens (including phenoxy) is 4. The molecule has 0 aromatic heterocycles. The first-order valence-electron chi connectivity index (χ1n) is 7.07. The zero-order chi connectivity index (χ0) is 15.7. The van der Waals surface area contributed by atoms with Crippen LogP contribution in [0.5, 0.6) is 17.2 Å². The van der Waals surface area contributed by atoms with Crippen LogP contribution in [0.4, 0.5) is 0 Å². The molecule has 3 rings (SSSR count). The quantitative estimate of drug-likeness (QED) is 0.803. The van der Waals surface area contributed by atoms with Gasteiger partial charge in [0.1, 0.15) is 23.0 Å². The molecule has 1 aromatic carbocycles. The molecule has 1 aromatic rings. The molecule has 1 aliphatic carbocycles. The molecular weight excluding hydrogens is 284 g/mol. The molecule has 0 fully saturated rings. The van der Waals surface area contributed by atoms with Crippen LogP contribution in [0.2, 0.25) is 0 Å². The molecule has 5 nitrogen and oxygen atoms in total. The van der Waals surface area contributed by atoms with Crippen molar-refractivity contribution in [3.8, 4) is 17.2 Å². The van der Waals surface area contributed by atoms with Crippen LogP contribution in [0.15, 0.2) is 35.6 Å². The molecule has 5 heteroatoms. The summed E-state index contributed by atoms with van der Waals surface area (Å²) in [5.41, 5.74) is 2.05. The molecule has 0 N–H and O–H groups in total. The molecule has 0 amide bonds. The Kier molecular flexibility index (Phi) is 3.79. The summed E-state index contributed by atoms with van der Waals surface area (Å²) in [7, 11) is 4.63. The summed E-state index contributed by atoms with van der Waals surface area (Å²) in [5, 5.41) is 0. The maximum Gasteiger partial charge on any atom is 0.312 e. The first-order valence-corrected chi connectivity index (χ1v) is 7.07.